The first-order valence-electron chi connectivity index (χ1n) is 5.55. The fraction of sp³-hybridized carbons (Fsp3) is 0.0625. The molecule has 0 aliphatic carbocycles. The van der Waals surface area contributed by atoms with Crippen molar-refractivity contribution < 1.29 is 4.74 Å². The number of ether oxygens (including phenoxy) is 1. The molecule has 0 aliphatic heterocycles. The second-order valence-electron chi connectivity index (χ2n) is 3.66. The molecule has 2 rings (SSSR count). The molecule has 0 radical (unpaired) electrons. The molecular formula is C16H11NO. The molecule has 2 aromatic rings. The van der Waals surface area contributed by atoms with E-state index in [9.17, 15) is 0 Å². The highest BCUT2D eigenvalue weighted by molar-refractivity contribution is 5.40. The molecule has 18 heavy (non-hydrogen) atoms. The first-order valence-corrected chi connectivity index (χ1v) is 5.55. The van der Waals surface area contributed by atoms with E-state index in [1.165, 1.54) is 0 Å². The molecular weight excluding hydrogens is 222 g/mol. The van der Waals surface area contributed by atoms with Crippen molar-refractivity contribution in [1.82, 2.24) is 0 Å². The van der Waals surface area contributed by atoms with Gasteiger partial charge in [0.2, 0.25) is 0 Å². The van der Waals surface area contributed by atoms with Gasteiger partial charge in [0.25, 0.3) is 0 Å². The maximum atomic E-state index is 8.34. The summed E-state index contributed by atoms with van der Waals surface area (Å²) in [7, 11) is 0. The SMILES string of the molecule is N#CC#Cc1ccc(OCc2ccccc2)cc1. The second-order valence-corrected chi connectivity index (χ2v) is 3.66. The summed E-state index contributed by atoms with van der Waals surface area (Å²) >= 11 is 0. The molecule has 0 bridgehead atoms. The van der Waals surface area contributed by atoms with Crippen molar-refractivity contribution in [3.8, 4) is 23.7 Å². The zero-order chi connectivity index (χ0) is 12.6. The molecule has 0 amide bonds. The minimum Gasteiger partial charge on any atom is -0.489 e. The van der Waals surface area contributed by atoms with Gasteiger partial charge in [0.05, 0.1) is 0 Å². The smallest absolute Gasteiger partial charge is 0.152 e. The highest BCUT2D eigenvalue weighted by Gasteiger charge is 1.95. The summed E-state index contributed by atoms with van der Waals surface area (Å²) in [4.78, 5) is 0. The van der Waals surface area contributed by atoms with E-state index in [0.717, 1.165) is 16.9 Å². The van der Waals surface area contributed by atoms with Gasteiger partial charge < -0.3 is 4.74 Å². The Hall–Kier alpha value is -2.71. The largest absolute Gasteiger partial charge is 0.489 e. The van der Waals surface area contributed by atoms with Crippen LogP contribution < -0.4 is 4.74 Å². The van der Waals surface area contributed by atoms with Crippen LogP contribution in [0.4, 0.5) is 0 Å². The maximum Gasteiger partial charge on any atom is 0.152 e. The average molecular weight is 233 g/mol. The number of rotatable bonds is 3. The third kappa shape index (κ3) is 3.40. The van der Waals surface area contributed by atoms with Crippen molar-refractivity contribution in [2.45, 2.75) is 6.61 Å². The van der Waals surface area contributed by atoms with Gasteiger partial charge in [-0.2, -0.15) is 5.26 Å². The van der Waals surface area contributed by atoms with Crippen LogP contribution in [0.2, 0.25) is 0 Å². The standard InChI is InChI=1S/C16H11NO/c17-12-4-7-14-8-10-16(11-9-14)18-13-15-5-2-1-3-6-15/h1-3,5-6,8-11H,13H2. The predicted molar refractivity (Wildman–Crippen MR) is 69.7 cm³/mol. The summed E-state index contributed by atoms with van der Waals surface area (Å²) in [5, 5.41) is 8.34. The van der Waals surface area contributed by atoms with Crippen molar-refractivity contribution in [2.24, 2.45) is 0 Å². The maximum absolute atomic E-state index is 8.34. The molecule has 2 aromatic carbocycles. The summed E-state index contributed by atoms with van der Waals surface area (Å²) in [6.07, 6.45) is 0. The van der Waals surface area contributed by atoms with Gasteiger partial charge in [-0.05, 0) is 29.8 Å². The van der Waals surface area contributed by atoms with Crippen LogP contribution in [0.3, 0.4) is 0 Å². The Labute approximate surface area is 106 Å². The van der Waals surface area contributed by atoms with Crippen molar-refractivity contribution in [3.05, 3.63) is 65.7 Å². The van der Waals surface area contributed by atoms with Crippen LogP contribution in [0, 0.1) is 23.2 Å². The van der Waals surface area contributed by atoms with Crippen molar-refractivity contribution >= 4 is 0 Å². The quantitative estimate of drug-likeness (QED) is 0.763. The zero-order valence-electron chi connectivity index (χ0n) is 9.76. The van der Waals surface area contributed by atoms with Crippen LogP contribution >= 0.6 is 0 Å². The minimum absolute atomic E-state index is 0.546. The van der Waals surface area contributed by atoms with E-state index in [-0.39, 0.29) is 0 Å². The lowest BCUT2D eigenvalue weighted by Crippen LogP contribution is -1.94. The van der Waals surface area contributed by atoms with Gasteiger partial charge in [-0.25, -0.2) is 0 Å². The molecule has 0 saturated heterocycles. The molecule has 86 valence electrons. The molecule has 0 aliphatic rings. The molecule has 0 saturated carbocycles. The van der Waals surface area contributed by atoms with E-state index in [1.54, 1.807) is 6.07 Å². The number of hydrogen-bond donors (Lipinski definition) is 0. The summed E-state index contributed by atoms with van der Waals surface area (Å²) in [5.41, 5.74) is 1.94. The highest BCUT2D eigenvalue weighted by Crippen LogP contribution is 2.13. The fourth-order valence-corrected chi connectivity index (χ4v) is 1.48. The molecule has 0 spiro atoms. The first-order chi connectivity index (χ1) is 8.88. The lowest BCUT2D eigenvalue weighted by atomic mass is 10.2. The topological polar surface area (TPSA) is 33.0 Å². The molecule has 0 unspecified atom stereocenters. The third-order valence-corrected chi connectivity index (χ3v) is 2.37. The Kier molecular flexibility index (Phi) is 4.01. The lowest BCUT2D eigenvalue weighted by molar-refractivity contribution is 0.306. The molecule has 0 heterocycles. The molecule has 2 heteroatoms. The van der Waals surface area contributed by atoms with Crippen LogP contribution in [0.1, 0.15) is 11.1 Å². The Bertz CT molecular complexity index is 598. The third-order valence-electron chi connectivity index (χ3n) is 2.37. The minimum atomic E-state index is 0.546. The molecule has 0 N–H and O–H groups in total. The summed E-state index contributed by atoms with van der Waals surface area (Å²) in [6, 6.07) is 19.2. The molecule has 2 nitrogen and oxygen atoms in total. The summed E-state index contributed by atoms with van der Waals surface area (Å²) in [5.74, 6) is 5.88. The number of nitrogens with zero attached hydrogens (tertiary/aromatic N) is 1. The van der Waals surface area contributed by atoms with Crippen LogP contribution in [0.25, 0.3) is 0 Å². The van der Waals surface area contributed by atoms with Gasteiger partial charge >= 0.3 is 0 Å². The van der Waals surface area contributed by atoms with Crippen LogP contribution in [0.15, 0.2) is 54.6 Å². The van der Waals surface area contributed by atoms with Crippen LogP contribution in [0.5, 0.6) is 5.75 Å². The number of nitriles is 1. The van der Waals surface area contributed by atoms with Crippen LogP contribution in [-0.4, -0.2) is 0 Å². The van der Waals surface area contributed by atoms with E-state index in [4.69, 9.17) is 10.00 Å². The molecule has 0 aromatic heterocycles. The van der Waals surface area contributed by atoms with Crippen molar-refractivity contribution in [3.63, 3.8) is 0 Å². The Balaban J connectivity index is 1.97. The molecule has 0 atom stereocenters. The Morgan fingerprint density at radius 3 is 2.33 bits per heavy atom. The second kappa shape index (κ2) is 6.13. The average Bonchev–Trinajstić information content (AvgIpc) is 2.45. The summed E-state index contributed by atoms with van der Waals surface area (Å²) < 4.78 is 5.64. The van der Waals surface area contributed by atoms with Gasteiger partial charge in [0.1, 0.15) is 12.4 Å². The predicted octanol–water partition coefficient (Wildman–Crippen LogP) is 3.14. The van der Waals surface area contributed by atoms with E-state index in [1.807, 2.05) is 54.6 Å². The van der Waals surface area contributed by atoms with Gasteiger partial charge in [0.15, 0.2) is 6.07 Å². The van der Waals surface area contributed by atoms with E-state index >= 15 is 0 Å². The van der Waals surface area contributed by atoms with E-state index in [2.05, 4.69) is 11.8 Å². The monoisotopic (exact) mass is 233 g/mol. The Morgan fingerprint density at radius 2 is 1.67 bits per heavy atom. The lowest BCUT2D eigenvalue weighted by Gasteiger charge is -2.05. The highest BCUT2D eigenvalue weighted by atomic mass is 16.5. The summed E-state index contributed by atoms with van der Waals surface area (Å²) in [6.45, 7) is 0.546. The zero-order valence-corrected chi connectivity index (χ0v) is 9.76. The first kappa shape index (κ1) is 11.8. The molecule has 0 fully saturated rings. The number of hydrogen-bond acceptors (Lipinski definition) is 2. The van der Waals surface area contributed by atoms with Gasteiger partial charge in [0, 0.05) is 11.5 Å². The van der Waals surface area contributed by atoms with Gasteiger partial charge in [-0.15, -0.1) is 0 Å². The van der Waals surface area contributed by atoms with Gasteiger partial charge in [-0.3, -0.25) is 0 Å². The van der Waals surface area contributed by atoms with E-state index < -0.39 is 0 Å². The fourth-order valence-electron chi connectivity index (χ4n) is 1.48. The van der Waals surface area contributed by atoms with Gasteiger partial charge in [-0.1, -0.05) is 36.3 Å². The Morgan fingerprint density at radius 1 is 0.944 bits per heavy atom. The van der Waals surface area contributed by atoms with Crippen molar-refractivity contribution in [2.75, 3.05) is 0 Å². The van der Waals surface area contributed by atoms with Crippen LogP contribution in [-0.2, 0) is 6.61 Å². The van der Waals surface area contributed by atoms with E-state index in [0.29, 0.717) is 6.61 Å². The number of benzene rings is 2. The van der Waals surface area contributed by atoms with Crippen molar-refractivity contribution in [1.29, 1.82) is 5.26 Å². The normalized spacial score (nSPS) is 8.83.